The van der Waals surface area contributed by atoms with Crippen molar-refractivity contribution in [1.29, 1.82) is 0 Å². The molecule has 2 heterocycles. The van der Waals surface area contributed by atoms with Gasteiger partial charge in [0.25, 0.3) is 0 Å². The molecule has 1 aliphatic rings. The van der Waals surface area contributed by atoms with Gasteiger partial charge in [0.1, 0.15) is 18.1 Å². The van der Waals surface area contributed by atoms with Crippen LogP contribution < -0.4 is 16.4 Å². The number of carboxylic acids is 1. The maximum absolute atomic E-state index is 13.3. The summed E-state index contributed by atoms with van der Waals surface area (Å²) in [6, 6.07) is -3.60. The van der Waals surface area contributed by atoms with Crippen LogP contribution in [0.5, 0.6) is 0 Å². The SMILES string of the molecule is CCC(C)C(NC(=O)C(N)C(C)C)C(=O)NC(Cc1cnc[nH]1)C(=O)N1CCCC1C(=O)O. The summed E-state index contributed by atoms with van der Waals surface area (Å²) in [5, 5.41) is 15.0. The summed E-state index contributed by atoms with van der Waals surface area (Å²) in [5.74, 6) is -2.82. The van der Waals surface area contributed by atoms with Gasteiger partial charge in [0.2, 0.25) is 17.7 Å². The van der Waals surface area contributed by atoms with E-state index in [4.69, 9.17) is 5.73 Å². The molecule has 11 nitrogen and oxygen atoms in total. The Hall–Kier alpha value is -2.95. The fraction of sp³-hybridized carbons (Fsp3) is 0.682. The number of carbonyl (C=O) groups is 4. The third kappa shape index (κ3) is 6.77. The van der Waals surface area contributed by atoms with E-state index >= 15 is 0 Å². The fourth-order valence-corrected chi connectivity index (χ4v) is 3.82. The molecule has 5 unspecified atom stereocenters. The zero-order chi connectivity index (χ0) is 24.7. The number of hydrogen-bond acceptors (Lipinski definition) is 6. The number of aromatic amines is 1. The minimum Gasteiger partial charge on any atom is -0.480 e. The van der Waals surface area contributed by atoms with Crippen molar-refractivity contribution >= 4 is 23.7 Å². The molecule has 1 aromatic rings. The molecule has 1 saturated heterocycles. The van der Waals surface area contributed by atoms with Gasteiger partial charge >= 0.3 is 5.97 Å². The largest absolute Gasteiger partial charge is 0.480 e. The monoisotopic (exact) mass is 464 g/mol. The van der Waals surface area contributed by atoms with E-state index in [0.29, 0.717) is 31.5 Å². The molecule has 2 rings (SSSR count). The van der Waals surface area contributed by atoms with Crippen LogP contribution in [0.4, 0.5) is 0 Å². The molecule has 5 atom stereocenters. The molecule has 3 amide bonds. The topological polar surface area (TPSA) is 171 Å². The van der Waals surface area contributed by atoms with Crippen LogP contribution in [-0.2, 0) is 25.6 Å². The highest BCUT2D eigenvalue weighted by Gasteiger charge is 2.39. The number of aromatic nitrogens is 2. The second kappa shape index (κ2) is 11.8. The molecule has 0 bridgehead atoms. The maximum Gasteiger partial charge on any atom is 0.326 e. The Balaban J connectivity index is 2.24. The molecule has 0 radical (unpaired) electrons. The Bertz CT molecular complexity index is 827. The van der Waals surface area contributed by atoms with Crippen LogP contribution in [0.15, 0.2) is 12.5 Å². The van der Waals surface area contributed by atoms with Crippen LogP contribution >= 0.6 is 0 Å². The molecular weight excluding hydrogens is 428 g/mol. The number of nitrogens with zero attached hydrogens (tertiary/aromatic N) is 2. The Morgan fingerprint density at radius 3 is 2.48 bits per heavy atom. The molecule has 1 aliphatic heterocycles. The lowest BCUT2D eigenvalue weighted by Gasteiger charge is -2.30. The molecule has 11 heteroatoms. The van der Waals surface area contributed by atoms with Gasteiger partial charge in [-0.05, 0) is 24.7 Å². The number of nitrogens with two attached hydrogens (primary N) is 1. The summed E-state index contributed by atoms with van der Waals surface area (Å²) in [5.41, 5.74) is 6.56. The van der Waals surface area contributed by atoms with Gasteiger partial charge in [-0.25, -0.2) is 9.78 Å². The van der Waals surface area contributed by atoms with Crippen LogP contribution in [0.2, 0.25) is 0 Å². The summed E-state index contributed by atoms with van der Waals surface area (Å²) in [4.78, 5) is 58.9. The van der Waals surface area contributed by atoms with Gasteiger partial charge in [0.15, 0.2) is 0 Å². The molecule has 184 valence electrons. The number of carboxylic acid groups (broad SMARTS) is 1. The predicted molar refractivity (Wildman–Crippen MR) is 121 cm³/mol. The minimum absolute atomic E-state index is 0.108. The molecule has 6 N–H and O–H groups in total. The smallest absolute Gasteiger partial charge is 0.326 e. The third-order valence-corrected chi connectivity index (χ3v) is 6.23. The van der Waals surface area contributed by atoms with E-state index in [-0.39, 0.29) is 18.3 Å². The second-order valence-electron chi connectivity index (χ2n) is 9.01. The van der Waals surface area contributed by atoms with E-state index in [0.717, 1.165) is 0 Å². The van der Waals surface area contributed by atoms with E-state index in [1.165, 1.54) is 11.2 Å². The summed E-state index contributed by atoms with van der Waals surface area (Å²) in [7, 11) is 0. The molecule has 0 aromatic carbocycles. The number of H-pyrrole nitrogens is 1. The van der Waals surface area contributed by atoms with Crippen LogP contribution in [-0.4, -0.2) is 74.4 Å². The van der Waals surface area contributed by atoms with Gasteiger partial charge in [0, 0.05) is 24.9 Å². The van der Waals surface area contributed by atoms with Crippen LogP contribution in [0.25, 0.3) is 0 Å². The Kier molecular flexibility index (Phi) is 9.39. The van der Waals surface area contributed by atoms with Crippen molar-refractivity contribution in [2.24, 2.45) is 17.6 Å². The molecule has 1 fully saturated rings. The number of amides is 3. The van der Waals surface area contributed by atoms with Gasteiger partial charge in [-0.3, -0.25) is 14.4 Å². The van der Waals surface area contributed by atoms with Gasteiger partial charge in [-0.2, -0.15) is 0 Å². The van der Waals surface area contributed by atoms with E-state index in [1.807, 2.05) is 27.7 Å². The quantitative estimate of drug-likeness (QED) is 0.307. The van der Waals surface area contributed by atoms with Gasteiger partial charge in [-0.1, -0.05) is 34.1 Å². The lowest BCUT2D eigenvalue weighted by Crippen LogP contribution is -2.59. The van der Waals surface area contributed by atoms with Gasteiger partial charge in [-0.15, -0.1) is 0 Å². The molecule has 0 spiro atoms. The van der Waals surface area contributed by atoms with E-state index in [1.54, 1.807) is 6.20 Å². The van der Waals surface area contributed by atoms with E-state index < -0.39 is 47.9 Å². The number of rotatable bonds is 11. The van der Waals surface area contributed by atoms with E-state index in [9.17, 15) is 24.3 Å². The lowest BCUT2D eigenvalue weighted by molar-refractivity contribution is -0.149. The molecule has 1 aromatic heterocycles. The van der Waals surface area contributed by atoms with Crippen molar-refractivity contribution in [3.05, 3.63) is 18.2 Å². The number of aliphatic carboxylic acids is 1. The highest BCUT2D eigenvalue weighted by atomic mass is 16.4. The summed E-state index contributed by atoms with van der Waals surface area (Å²) >= 11 is 0. The number of likely N-dealkylation sites (tertiary alicyclic amines) is 1. The van der Waals surface area contributed by atoms with Crippen LogP contribution in [0.1, 0.15) is 52.7 Å². The van der Waals surface area contributed by atoms with Crippen molar-refractivity contribution in [3.63, 3.8) is 0 Å². The minimum atomic E-state index is -1.07. The van der Waals surface area contributed by atoms with E-state index in [2.05, 4.69) is 20.6 Å². The molecular formula is C22H36N6O5. The first-order chi connectivity index (χ1) is 15.6. The Morgan fingerprint density at radius 1 is 1.24 bits per heavy atom. The molecule has 0 saturated carbocycles. The summed E-state index contributed by atoms with van der Waals surface area (Å²) in [6.07, 6.45) is 4.67. The second-order valence-corrected chi connectivity index (χ2v) is 9.01. The normalized spacial score (nSPS) is 19.6. The highest BCUT2D eigenvalue weighted by molar-refractivity contribution is 5.94. The van der Waals surface area contributed by atoms with Crippen molar-refractivity contribution in [1.82, 2.24) is 25.5 Å². The summed E-state index contributed by atoms with van der Waals surface area (Å²) in [6.45, 7) is 7.67. The number of imidazole rings is 1. The number of carbonyl (C=O) groups excluding carboxylic acids is 3. The summed E-state index contributed by atoms with van der Waals surface area (Å²) < 4.78 is 0. The first-order valence-corrected chi connectivity index (χ1v) is 11.4. The molecule has 0 aliphatic carbocycles. The zero-order valence-electron chi connectivity index (χ0n) is 19.7. The highest BCUT2D eigenvalue weighted by Crippen LogP contribution is 2.20. The van der Waals surface area contributed by atoms with Crippen molar-refractivity contribution in [2.75, 3.05) is 6.54 Å². The third-order valence-electron chi connectivity index (χ3n) is 6.23. The average Bonchev–Trinajstić information content (AvgIpc) is 3.47. The molecule has 33 heavy (non-hydrogen) atoms. The number of hydrogen-bond donors (Lipinski definition) is 5. The first kappa shape index (κ1) is 26.3. The average molecular weight is 465 g/mol. The predicted octanol–water partition coefficient (Wildman–Crippen LogP) is 0.0268. The first-order valence-electron chi connectivity index (χ1n) is 11.4. The lowest BCUT2D eigenvalue weighted by atomic mass is 9.96. The van der Waals surface area contributed by atoms with Crippen LogP contribution in [0.3, 0.4) is 0 Å². The zero-order valence-corrected chi connectivity index (χ0v) is 19.7. The van der Waals surface area contributed by atoms with Crippen molar-refractivity contribution < 1.29 is 24.3 Å². The fourth-order valence-electron chi connectivity index (χ4n) is 3.82. The Labute approximate surface area is 193 Å². The van der Waals surface area contributed by atoms with Gasteiger partial charge < -0.3 is 31.4 Å². The van der Waals surface area contributed by atoms with Crippen molar-refractivity contribution in [3.8, 4) is 0 Å². The maximum atomic E-state index is 13.3. The van der Waals surface area contributed by atoms with Gasteiger partial charge in [0.05, 0.1) is 12.4 Å². The Morgan fingerprint density at radius 2 is 1.94 bits per heavy atom. The van der Waals surface area contributed by atoms with Crippen LogP contribution in [0, 0.1) is 11.8 Å². The van der Waals surface area contributed by atoms with Crippen molar-refractivity contribution in [2.45, 2.75) is 77.5 Å². The number of nitrogens with one attached hydrogen (secondary N) is 3. The standard InChI is InChI=1S/C22H36N6O5/c1-5-13(4)18(27-19(29)17(23)12(2)3)20(30)26-15(9-14-10-24-11-25-14)21(31)28-8-6-7-16(28)22(32)33/h10-13,15-18H,5-9,23H2,1-4H3,(H,24,25)(H,26,30)(H,27,29)(H,32,33).